The Hall–Kier alpha value is -1.94. The van der Waals surface area contributed by atoms with Gasteiger partial charge in [0.25, 0.3) is 0 Å². The minimum atomic E-state index is -0.515. The second kappa shape index (κ2) is 6.85. The first-order valence-corrected chi connectivity index (χ1v) is 7.48. The quantitative estimate of drug-likeness (QED) is 0.487. The average molecular weight is 273 g/mol. The van der Waals surface area contributed by atoms with Gasteiger partial charge >= 0.3 is 0 Å². The average Bonchev–Trinajstić information content (AvgIpc) is 2.47. The second-order valence-corrected chi connectivity index (χ2v) is 5.53. The summed E-state index contributed by atoms with van der Waals surface area (Å²) in [7, 11) is 0. The number of hydrogen-bond donors (Lipinski definition) is 0. The van der Waals surface area contributed by atoms with Crippen LogP contribution < -0.4 is 5.11 Å². The minimum absolute atomic E-state index is 0.259. The third-order valence-electron chi connectivity index (χ3n) is 2.50. The van der Waals surface area contributed by atoms with E-state index in [4.69, 9.17) is 4.74 Å². The van der Waals surface area contributed by atoms with Crippen molar-refractivity contribution in [2.24, 2.45) is 4.40 Å². The fraction of sp³-hybridized carbons (Fsp3) is 0.133. The molecular formula is C15H15NO2S. The normalized spacial score (nSPS) is 13.0. The van der Waals surface area contributed by atoms with Gasteiger partial charge in [-0.15, -0.1) is 0 Å². The van der Waals surface area contributed by atoms with Gasteiger partial charge < -0.3 is 9.84 Å². The van der Waals surface area contributed by atoms with Crippen molar-refractivity contribution in [2.75, 3.05) is 6.26 Å². The zero-order valence-electron chi connectivity index (χ0n) is 10.7. The molecule has 0 fully saturated rings. The Bertz CT molecular complexity index is 528. The summed E-state index contributed by atoms with van der Waals surface area (Å²) in [6.45, 7) is 0.259. The Morgan fingerprint density at radius 3 is 2.26 bits per heavy atom. The van der Waals surface area contributed by atoms with Crippen LogP contribution in [0.3, 0.4) is 0 Å². The van der Waals surface area contributed by atoms with E-state index >= 15 is 0 Å². The van der Waals surface area contributed by atoms with E-state index in [1.54, 1.807) is 0 Å². The number of benzene rings is 2. The highest BCUT2D eigenvalue weighted by molar-refractivity contribution is 7.95. The molecule has 0 heterocycles. The van der Waals surface area contributed by atoms with Gasteiger partial charge in [0, 0.05) is 6.61 Å². The number of hydrogen-bond acceptors (Lipinski definition) is 3. The fourth-order valence-corrected chi connectivity index (χ4v) is 2.46. The van der Waals surface area contributed by atoms with E-state index in [2.05, 4.69) is 4.40 Å². The van der Waals surface area contributed by atoms with Gasteiger partial charge in [-0.1, -0.05) is 48.5 Å². The molecule has 1 unspecified atom stereocenters. The van der Waals surface area contributed by atoms with Crippen molar-refractivity contribution in [1.29, 1.82) is 0 Å². The summed E-state index contributed by atoms with van der Waals surface area (Å²) in [6.07, 6.45) is 1.39. The molecule has 0 amide bonds. The molecule has 0 N–H and O–H groups in total. The van der Waals surface area contributed by atoms with Crippen molar-refractivity contribution in [3.63, 3.8) is 0 Å². The zero-order valence-corrected chi connectivity index (χ0v) is 11.5. The van der Waals surface area contributed by atoms with Gasteiger partial charge in [0.2, 0.25) is 6.08 Å². The molecule has 0 saturated carbocycles. The number of nitrogens with zero attached hydrogens (tertiary/aromatic N) is 1. The van der Waals surface area contributed by atoms with Crippen LogP contribution in [-0.4, -0.2) is 12.3 Å². The van der Waals surface area contributed by atoms with Crippen LogP contribution in [0.1, 0.15) is 5.56 Å². The molecule has 0 aliphatic carbocycles. The Kier molecular flexibility index (Phi) is 4.86. The standard InChI is InChI=1S/C15H15NO2S/c1-19(14-10-6-3-7-11-14)16-15(17)18-12-13-8-4-2-5-9-13/h2-11H,12H2,1H3. The monoisotopic (exact) mass is 273 g/mol. The molecule has 0 aliphatic rings. The van der Waals surface area contributed by atoms with Crippen molar-refractivity contribution in [2.45, 2.75) is 11.5 Å². The Morgan fingerprint density at radius 1 is 1.05 bits per heavy atom. The number of rotatable bonds is 4. The molecule has 2 rings (SSSR count). The van der Waals surface area contributed by atoms with Crippen LogP contribution >= 0.6 is 0 Å². The summed E-state index contributed by atoms with van der Waals surface area (Å²) < 4.78 is 9.15. The van der Waals surface area contributed by atoms with Gasteiger partial charge in [-0.3, -0.25) is 0 Å². The smallest absolute Gasteiger partial charge is 0.205 e. The van der Waals surface area contributed by atoms with Crippen molar-refractivity contribution in [1.82, 2.24) is 0 Å². The maximum atomic E-state index is 11.6. The summed E-state index contributed by atoms with van der Waals surface area (Å²) in [5.74, 6) is 0. The van der Waals surface area contributed by atoms with Crippen molar-refractivity contribution < 1.29 is 9.84 Å². The Balaban J connectivity index is 1.92. The molecule has 0 saturated heterocycles. The molecule has 19 heavy (non-hydrogen) atoms. The van der Waals surface area contributed by atoms with Crippen LogP contribution in [0.25, 0.3) is 0 Å². The van der Waals surface area contributed by atoms with Crippen LogP contribution in [-0.2, 0) is 22.4 Å². The summed E-state index contributed by atoms with van der Waals surface area (Å²) in [6, 6.07) is 19.3. The van der Waals surface area contributed by atoms with Gasteiger partial charge in [-0.05, 0) is 22.1 Å². The molecule has 4 heteroatoms. The van der Waals surface area contributed by atoms with Gasteiger partial charge in [0.15, 0.2) is 16.0 Å². The van der Waals surface area contributed by atoms with E-state index in [0.717, 1.165) is 10.5 Å². The fourth-order valence-electron chi connectivity index (χ4n) is 1.53. The van der Waals surface area contributed by atoms with Gasteiger partial charge in [-0.2, -0.15) is 0 Å². The molecule has 0 spiro atoms. The number of ether oxygens (including phenoxy) is 1. The SMILES string of the molecule is C[S+](/N=C(\[O-])OCc1ccccc1)c1ccccc1. The van der Waals surface area contributed by atoms with Gasteiger partial charge in [-0.25, -0.2) is 0 Å². The molecule has 0 bridgehead atoms. The van der Waals surface area contributed by atoms with Gasteiger partial charge in [0.1, 0.15) is 6.26 Å². The topological polar surface area (TPSA) is 44.7 Å². The largest absolute Gasteiger partial charge is 0.592 e. The van der Waals surface area contributed by atoms with Crippen LogP contribution in [0.5, 0.6) is 0 Å². The molecule has 98 valence electrons. The van der Waals surface area contributed by atoms with Crippen LogP contribution in [0.2, 0.25) is 0 Å². The molecule has 0 aromatic heterocycles. The third-order valence-corrected chi connectivity index (χ3v) is 3.88. The third kappa shape index (κ3) is 4.34. The predicted octanol–water partition coefficient (Wildman–Crippen LogP) is 2.14. The van der Waals surface area contributed by atoms with E-state index in [1.807, 2.05) is 66.9 Å². The minimum Gasteiger partial charge on any atom is -0.592 e. The Labute approximate surface area is 116 Å². The summed E-state index contributed by atoms with van der Waals surface area (Å²) in [5.41, 5.74) is 0.960. The lowest BCUT2D eigenvalue weighted by molar-refractivity contribution is -0.251. The molecule has 1 atom stereocenters. The first-order chi connectivity index (χ1) is 9.25. The van der Waals surface area contributed by atoms with Crippen LogP contribution in [0.15, 0.2) is 70.0 Å². The van der Waals surface area contributed by atoms with Crippen LogP contribution in [0, 0.1) is 0 Å². The van der Waals surface area contributed by atoms with E-state index < -0.39 is 17.2 Å². The molecule has 2 aromatic rings. The molecule has 0 radical (unpaired) electrons. The lowest BCUT2D eigenvalue weighted by Crippen LogP contribution is -2.22. The molecule has 2 aromatic carbocycles. The molecule has 3 nitrogen and oxygen atoms in total. The lowest BCUT2D eigenvalue weighted by Gasteiger charge is -2.12. The van der Waals surface area contributed by atoms with E-state index in [9.17, 15) is 5.11 Å². The highest BCUT2D eigenvalue weighted by atomic mass is 32.2. The van der Waals surface area contributed by atoms with E-state index in [-0.39, 0.29) is 6.61 Å². The summed E-state index contributed by atoms with van der Waals surface area (Å²) in [5, 5.41) is 11.6. The molecular weight excluding hydrogens is 258 g/mol. The van der Waals surface area contributed by atoms with Crippen LogP contribution in [0.4, 0.5) is 0 Å². The Morgan fingerprint density at radius 2 is 1.63 bits per heavy atom. The summed E-state index contributed by atoms with van der Waals surface area (Å²) >= 11 is -0.471. The zero-order chi connectivity index (χ0) is 13.5. The lowest BCUT2D eigenvalue weighted by atomic mass is 10.2. The second-order valence-electron chi connectivity index (χ2n) is 3.92. The predicted molar refractivity (Wildman–Crippen MR) is 76.7 cm³/mol. The highest BCUT2D eigenvalue weighted by Crippen LogP contribution is 2.11. The maximum Gasteiger partial charge on any atom is 0.205 e. The van der Waals surface area contributed by atoms with Crippen molar-refractivity contribution in [3.8, 4) is 0 Å². The molecule has 0 aliphatic heterocycles. The van der Waals surface area contributed by atoms with Crippen molar-refractivity contribution in [3.05, 3.63) is 66.2 Å². The highest BCUT2D eigenvalue weighted by Gasteiger charge is 2.13. The van der Waals surface area contributed by atoms with Gasteiger partial charge in [0.05, 0.1) is 0 Å². The summed E-state index contributed by atoms with van der Waals surface area (Å²) in [4.78, 5) is 1.03. The first kappa shape index (κ1) is 13.5. The maximum absolute atomic E-state index is 11.6. The van der Waals surface area contributed by atoms with E-state index in [0.29, 0.717) is 0 Å². The van der Waals surface area contributed by atoms with E-state index in [1.165, 1.54) is 0 Å². The first-order valence-electron chi connectivity index (χ1n) is 5.89. The van der Waals surface area contributed by atoms with Crippen molar-refractivity contribution >= 4 is 17.2 Å².